The number of Topliss-reactive ketones (excluding diaryl/α,β-unsaturated/α-hetero) is 1. The van der Waals surface area contributed by atoms with Gasteiger partial charge in [-0.1, -0.05) is 6.58 Å². The van der Waals surface area contributed by atoms with E-state index in [0.29, 0.717) is 6.54 Å². The topological polar surface area (TPSA) is 61.1 Å². The number of carboxylic acid groups (broad SMARTS) is 1. The number of carbonyl (C=O) groups excluding carboxylic acids is 2. The minimum Gasteiger partial charge on any atom is -0.550 e. The first kappa shape index (κ1) is 14.0. The maximum Gasteiger partial charge on any atom is 0.248 e. The van der Waals surface area contributed by atoms with Crippen LogP contribution >= 0.6 is 0 Å². The van der Waals surface area contributed by atoms with E-state index in [1.165, 1.54) is 0 Å². The summed E-state index contributed by atoms with van der Waals surface area (Å²) in [7, 11) is 0. The monoisotopic (exact) mass is 221 g/mol. The van der Waals surface area contributed by atoms with Crippen LogP contribution < -0.4 is 9.67 Å². The van der Waals surface area contributed by atoms with Crippen LogP contribution in [0.15, 0.2) is 37.1 Å². The largest absolute Gasteiger partial charge is 0.550 e. The van der Waals surface area contributed by atoms with E-state index >= 15 is 0 Å². The van der Waals surface area contributed by atoms with Crippen LogP contribution in [0.3, 0.4) is 0 Å². The molecule has 1 heterocycles. The standard InChI is InChI=1S/C10H12NO.C2H4O2/c1-3-7-11-8-5-4-6-10(11)9(2)12;1-2(3)4/h3-6,8H,1,7H2,2H3;1H3,(H,3,4)/q+1;/p-1. The van der Waals surface area contributed by atoms with Crippen LogP contribution in [0.1, 0.15) is 24.3 Å². The number of allylic oxidation sites excluding steroid dienone is 1. The Hall–Kier alpha value is -1.97. The van der Waals surface area contributed by atoms with E-state index in [-0.39, 0.29) is 5.78 Å². The first-order valence-corrected chi connectivity index (χ1v) is 4.77. The molecule has 0 radical (unpaired) electrons. The number of hydrogen-bond donors (Lipinski definition) is 0. The van der Waals surface area contributed by atoms with Crippen LogP contribution in [0, 0.1) is 0 Å². The molecule has 1 aromatic heterocycles. The summed E-state index contributed by atoms with van der Waals surface area (Å²) in [5.74, 6) is -1.00. The number of carboxylic acids is 1. The van der Waals surface area contributed by atoms with Crippen molar-refractivity contribution in [3.05, 3.63) is 42.7 Å². The van der Waals surface area contributed by atoms with Crippen molar-refractivity contribution < 1.29 is 19.3 Å². The molecular formula is C12H15NO3. The summed E-state index contributed by atoms with van der Waals surface area (Å²) in [5.41, 5.74) is 0.720. The molecule has 0 saturated carbocycles. The summed E-state index contributed by atoms with van der Waals surface area (Å²) in [6.07, 6.45) is 3.64. The van der Waals surface area contributed by atoms with Gasteiger partial charge in [0.15, 0.2) is 12.7 Å². The number of ketones is 1. The Morgan fingerprint density at radius 2 is 2.00 bits per heavy atom. The van der Waals surface area contributed by atoms with Crippen LogP contribution in [0.5, 0.6) is 0 Å². The molecule has 4 nitrogen and oxygen atoms in total. The number of aliphatic carboxylic acids is 1. The Labute approximate surface area is 94.8 Å². The van der Waals surface area contributed by atoms with Crippen molar-refractivity contribution in [2.45, 2.75) is 20.4 Å². The lowest BCUT2D eigenvalue weighted by atomic mass is 10.2. The van der Waals surface area contributed by atoms with Gasteiger partial charge in [-0.05, 0) is 19.1 Å². The first-order chi connectivity index (χ1) is 7.49. The fourth-order valence-electron chi connectivity index (χ4n) is 1.09. The first-order valence-electron chi connectivity index (χ1n) is 4.77. The molecule has 16 heavy (non-hydrogen) atoms. The third kappa shape index (κ3) is 5.70. The van der Waals surface area contributed by atoms with E-state index in [1.807, 2.05) is 29.0 Å². The number of rotatable bonds is 3. The number of aromatic nitrogens is 1. The molecule has 0 amide bonds. The van der Waals surface area contributed by atoms with Crippen LogP contribution in [0.25, 0.3) is 0 Å². The van der Waals surface area contributed by atoms with Crippen molar-refractivity contribution in [3.8, 4) is 0 Å². The van der Waals surface area contributed by atoms with Gasteiger partial charge in [0.05, 0.1) is 0 Å². The Bertz CT molecular complexity index is 382. The van der Waals surface area contributed by atoms with E-state index in [2.05, 4.69) is 6.58 Å². The van der Waals surface area contributed by atoms with Crippen molar-refractivity contribution >= 4 is 11.8 Å². The Morgan fingerprint density at radius 3 is 2.44 bits per heavy atom. The predicted octanol–water partition coefficient (Wildman–Crippen LogP) is 0.119. The van der Waals surface area contributed by atoms with Crippen LogP contribution in [0.4, 0.5) is 0 Å². The normalized spacial score (nSPS) is 8.62. The van der Waals surface area contributed by atoms with Gasteiger partial charge in [0.2, 0.25) is 11.5 Å². The summed E-state index contributed by atoms with van der Waals surface area (Å²) in [4.78, 5) is 20.0. The second kappa shape index (κ2) is 7.34. The maximum atomic E-state index is 11.1. The number of carbonyl (C=O) groups is 2. The minimum absolute atomic E-state index is 0.0810. The van der Waals surface area contributed by atoms with Crippen molar-refractivity contribution in [2.24, 2.45) is 0 Å². The van der Waals surface area contributed by atoms with Gasteiger partial charge >= 0.3 is 0 Å². The fraction of sp³-hybridized carbons (Fsp3) is 0.250. The summed E-state index contributed by atoms with van der Waals surface area (Å²) in [6, 6.07) is 5.57. The molecule has 0 N–H and O–H groups in total. The summed E-state index contributed by atoms with van der Waals surface area (Å²) in [6.45, 7) is 6.84. The molecule has 0 aliphatic rings. The molecule has 0 fully saturated rings. The lowest BCUT2D eigenvalue weighted by Gasteiger charge is -1.96. The third-order valence-corrected chi connectivity index (χ3v) is 1.63. The van der Waals surface area contributed by atoms with Crippen molar-refractivity contribution in [2.75, 3.05) is 0 Å². The highest BCUT2D eigenvalue weighted by Crippen LogP contribution is 1.92. The fourth-order valence-corrected chi connectivity index (χ4v) is 1.09. The average molecular weight is 221 g/mol. The summed E-state index contributed by atoms with van der Waals surface area (Å²) < 4.78 is 1.87. The predicted molar refractivity (Wildman–Crippen MR) is 57.5 cm³/mol. The smallest absolute Gasteiger partial charge is 0.248 e. The molecule has 1 rings (SSSR count). The van der Waals surface area contributed by atoms with Crippen molar-refractivity contribution in [1.29, 1.82) is 0 Å². The summed E-state index contributed by atoms with van der Waals surface area (Å²) >= 11 is 0. The lowest BCUT2D eigenvalue weighted by molar-refractivity contribution is -0.688. The molecule has 0 aromatic carbocycles. The highest BCUT2D eigenvalue weighted by molar-refractivity contribution is 5.90. The molecule has 0 aliphatic heterocycles. The second-order valence-corrected chi connectivity index (χ2v) is 3.07. The molecule has 86 valence electrons. The molecule has 0 spiro atoms. The lowest BCUT2D eigenvalue weighted by Crippen LogP contribution is -2.38. The minimum atomic E-state index is -1.08. The molecule has 0 aliphatic carbocycles. The Kier molecular flexibility index (Phi) is 6.43. The van der Waals surface area contributed by atoms with E-state index in [0.717, 1.165) is 12.6 Å². The zero-order valence-electron chi connectivity index (χ0n) is 9.47. The Morgan fingerprint density at radius 1 is 1.44 bits per heavy atom. The molecule has 4 heteroatoms. The van der Waals surface area contributed by atoms with E-state index in [1.54, 1.807) is 13.0 Å². The van der Waals surface area contributed by atoms with Gasteiger partial charge in [0.25, 0.3) is 0 Å². The van der Waals surface area contributed by atoms with Gasteiger partial charge in [-0.25, -0.2) is 0 Å². The quantitative estimate of drug-likeness (QED) is 0.414. The van der Waals surface area contributed by atoms with Crippen LogP contribution in [-0.4, -0.2) is 11.8 Å². The van der Waals surface area contributed by atoms with E-state index in [4.69, 9.17) is 9.90 Å². The van der Waals surface area contributed by atoms with E-state index in [9.17, 15) is 4.79 Å². The van der Waals surface area contributed by atoms with Gasteiger partial charge in [-0.2, -0.15) is 4.57 Å². The molecular weight excluding hydrogens is 206 g/mol. The van der Waals surface area contributed by atoms with Gasteiger partial charge in [0.1, 0.15) is 0 Å². The van der Waals surface area contributed by atoms with Gasteiger partial charge in [-0.15, -0.1) is 0 Å². The maximum absolute atomic E-state index is 11.1. The average Bonchev–Trinajstić information content (AvgIpc) is 2.18. The highest BCUT2D eigenvalue weighted by atomic mass is 16.4. The van der Waals surface area contributed by atoms with Crippen LogP contribution in [0.2, 0.25) is 0 Å². The number of nitrogens with zero attached hydrogens (tertiary/aromatic N) is 1. The van der Waals surface area contributed by atoms with Crippen molar-refractivity contribution in [3.63, 3.8) is 0 Å². The molecule has 0 saturated heterocycles. The molecule has 0 atom stereocenters. The van der Waals surface area contributed by atoms with Gasteiger partial charge in [0, 0.05) is 25.0 Å². The second-order valence-electron chi connectivity index (χ2n) is 3.07. The van der Waals surface area contributed by atoms with Crippen molar-refractivity contribution in [1.82, 2.24) is 0 Å². The molecule has 1 aromatic rings. The summed E-state index contributed by atoms with van der Waals surface area (Å²) in [5, 5.41) is 8.89. The van der Waals surface area contributed by atoms with E-state index < -0.39 is 5.97 Å². The Balaban J connectivity index is 0.000000487. The zero-order valence-corrected chi connectivity index (χ0v) is 9.47. The van der Waals surface area contributed by atoms with Gasteiger partial charge < -0.3 is 9.90 Å². The molecule has 0 bridgehead atoms. The SMILES string of the molecule is C=CC[n+]1ccccc1C(C)=O.CC(=O)[O-]. The highest BCUT2D eigenvalue weighted by Gasteiger charge is 2.11. The molecule has 0 unspecified atom stereocenters. The number of hydrogen-bond acceptors (Lipinski definition) is 3. The number of pyridine rings is 1. The van der Waals surface area contributed by atoms with Gasteiger partial charge in [-0.3, -0.25) is 4.79 Å². The zero-order chi connectivity index (χ0) is 12.6. The third-order valence-electron chi connectivity index (χ3n) is 1.63. The van der Waals surface area contributed by atoms with Crippen LogP contribution in [-0.2, 0) is 11.3 Å².